The van der Waals surface area contributed by atoms with Crippen molar-refractivity contribution in [1.29, 1.82) is 0 Å². The van der Waals surface area contributed by atoms with Crippen LogP contribution in [0.3, 0.4) is 0 Å². The van der Waals surface area contributed by atoms with Gasteiger partial charge < -0.3 is 25.0 Å². The van der Waals surface area contributed by atoms with Gasteiger partial charge in [-0.3, -0.25) is 14.5 Å². The Balaban J connectivity index is 1.60. The van der Waals surface area contributed by atoms with Crippen LogP contribution in [0.1, 0.15) is 80.5 Å². The van der Waals surface area contributed by atoms with E-state index < -0.39 is 39.2 Å². The van der Waals surface area contributed by atoms with Crippen LogP contribution in [0.5, 0.6) is 5.75 Å². The first-order valence-corrected chi connectivity index (χ1v) is 18.6. The fraction of sp³-hybridized carbons (Fsp3) is 0.474. The first-order valence-electron chi connectivity index (χ1n) is 17.0. The molecule has 0 saturated heterocycles. The Labute approximate surface area is 290 Å². The van der Waals surface area contributed by atoms with E-state index in [0.717, 1.165) is 48.1 Å². The number of carboxylic acid groups (broad SMARTS) is 2. The maximum Gasteiger partial charge on any atom is 0.317 e. The number of aliphatic hydroxyl groups is 1. The van der Waals surface area contributed by atoms with Gasteiger partial charge in [0.15, 0.2) is 9.84 Å². The van der Waals surface area contributed by atoms with Crippen molar-refractivity contribution in [2.24, 2.45) is 5.41 Å². The summed E-state index contributed by atoms with van der Waals surface area (Å²) in [6.45, 7) is 3.89. The number of nitrogens with zero attached hydrogens (tertiary/aromatic N) is 2. The van der Waals surface area contributed by atoms with Gasteiger partial charge in [0, 0.05) is 37.7 Å². The molecule has 4 rings (SSSR count). The van der Waals surface area contributed by atoms with Crippen LogP contribution in [0.25, 0.3) is 0 Å². The molecule has 0 spiro atoms. The quantitative estimate of drug-likeness (QED) is 0.155. The molecule has 3 aromatic carbocycles. The summed E-state index contributed by atoms with van der Waals surface area (Å²) in [5, 5.41) is 30.6. The number of aliphatic hydroxyl groups excluding tert-OH is 1. The van der Waals surface area contributed by atoms with Crippen LogP contribution in [-0.4, -0.2) is 79.6 Å². The van der Waals surface area contributed by atoms with Crippen molar-refractivity contribution in [1.82, 2.24) is 4.90 Å². The van der Waals surface area contributed by atoms with Gasteiger partial charge in [0.05, 0.1) is 29.8 Å². The maximum atomic E-state index is 14.1. The number of ether oxygens (including phenoxy) is 1. The fourth-order valence-corrected chi connectivity index (χ4v) is 9.07. The summed E-state index contributed by atoms with van der Waals surface area (Å²) >= 11 is 0. The number of hydrogen-bond acceptors (Lipinski definition) is 8. The van der Waals surface area contributed by atoms with Crippen LogP contribution in [0.2, 0.25) is 0 Å². The lowest BCUT2D eigenvalue weighted by Crippen LogP contribution is -2.43. The molecule has 0 amide bonds. The molecule has 10 nitrogen and oxygen atoms in total. The van der Waals surface area contributed by atoms with E-state index >= 15 is 0 Å². The predicted octanol–water partition coefficient (Wildman–Crippen LogP) is 5.95. The minimum atomic E-state index is -3.69. The molecule has 3 N–H and O–H groups in total. The van der Waals surface area contributed by atoms with E-state index in [0.29, 0.717) is 24.2 Å². The molecule has 49 heavy (non-hydrogen) atoms. The van der Waals surface area contributed by atoms with E-state index in [1.165, 1.54) is 4.90 Å². The largest absolute Gasteiger partial charge is 0.489 e. The third-order valence-electron chi connectivity index (χ3n) is 9.45. The Morgan fingerprint density at radius 1 is 0.857 bits per heavy atom. The third-order valence-corrected chi connectivity index (χ3v) is 11.4. The molecule has 1 aliphatic rings. The van der Waals surface area contributed by atoms with Crippen LogP contribution in [0.15, 0.2) is 71.6 Å². The number of carbonyl (C=O) groups is 2. The van der Waals surface area contributed by atoms with Gasteiger partial charge in [-0.15, -0.1) is 0 Å². The predicted molar refractivity (Wildman–Crippen MR) is 190 cm³/mol. The smallest absolute Gasteiger partial charge is 0.317 e. The molecule has 0 bridgehead atoms. The van der Waals surface area contributed by atoms with Gasteiger partial charge in [0.2, 0.25) is 0 Å². The molecule has 266 valence electrons. The van der Waals surface area contributed by atoms with Gasteiger partial charge in [-0.1, -0.05) is 75.9 Å². The van der Waals surface area contributed by atoms with Crippen LogP contribution in [-0.2, 0) is 32.6 Å². The molecule has 0 fully saturated rings. The van der Waals surface area contributed by atoms with Gasteiger partial charge >= 0.3 is 11.9 Å². The van der Waals surface area contributed by atoms with Crippen LogP contribution in [0, 0.1) is 5.41 Å². The number of sulfone groups is 1. The van der Waals surface area contributed by atoms with E-state index in [4.69, 9.17) is 14.9 Å². The summed E-state index contributed by atoms with van der Waals surface area (Å²) in [6, 6.07) is 20.3. The average molecular weight is 695 g/mol. The molecular weight excluding hydrogens is 644 g/mol. The summed E-state index contributed by atoms with van der Waals surface area (Å²) in [6.07, 6.45) is 3.83. The van der Waals surface area contributed by atoms with Gasteiger partial charge in [-0.2, -0.15) is 0 Å². The lowest BCUT2D eigenvalue weighted by Gasteiger charge is -2.40. The zero-order valence-electron chi connectivity index (χ0n) is 29.0. The second-order valence-corrected chi connectivity index (χ2v) is 15.4. The molecule has 3 aromatic rings. The molecular formula is C38H50N2O8S. The van der Waals surface area contributed by atoms with Crippen molar-refractivity contribution in [3.8, 4) is 5.75 Å². The highest BCUT2D eigenvalue weighted by molar-refractivity contribution is 7.91. The van der Waals surface area contributed by atoms with Gasteiger partial charge in [-0.25, -0.2) is 8.42 Å². The SMILES string of the molecule is CCCCC1(CCCC)CS(=O)(=O)c2ccc(N(C)C)cc2[C@@H](c2ccc(OCc3ccc(CN(CC(=O)O)CC(=O)O)cc3)cc2)[C@H]1O. The molecule has 11 heteroatoms. The molecule has 1 heterocycles. The molecule has 0 unspecified atom stereocenters. The van der Waals surface area contributed by atoms with E-state index in [1.54, 1.807) is 6.07 Å². The molecule has 0 aromatic heterocycles. The zero-order chi connectivity index (χ0) is 35.8. The van der Waals surface area contributed by atoms with E-state index in [-0.39, 0.29) is 36.9 Å². The highest BCUT2D eigenvalue weighted by Crippen LogP contribution is 2.50. The normalized spacial score (nSPS) is 18.0. The van der Waals surface area contributed by atoms with E-state index in [1.807, 2.05) is 79.7 Å². The van der Waals surface area contributed by atoms with Crippen molar-refractivity contribution < 1.29 is 38.1 Å². The molecule has 2 atom stereocenters. The lowest BCUT2D eigenvalue weighted by molar-refractivity contribution is -0.142. The van der Waals surface area contributed by atoms with Gasteiger partial charge in [-0.05, 0) is 65.4 Å². The van der Waals surface area contributed by atoms with Gasteiger partial charge in [0.1, 0.15) is 12.4 Å². The molecule has 0 aliphatic carbocycles. The highest BCUT2D eigenvalue weighted by Gasteiger charge is 2.49. The van der Waals surface area contributed by atoms with Crippen molar-refractivity contribution >= 4 is 27.5 Å². The van der Waals surface area contributed by atoms with Crippen molar-refractivity contribution in [3.05, 3.63) is 89.0 Å². The number of fused-ring (bicyclic) bond motifs is 1. The van der Waals surface area contributed by atoms with Gasteiger partial charge in [0.25, 0.3) is 0 Å². The number of anilines is 1. The fourth-order valence-electron chi connectivity index (χ4n) is 6.88. The van der Waals surface area contributed by atoms with Crippen LogP contribution < -0.4 is 9.64 Å². The number of unbranched alkanes of at least 4 members (excludes halogenated alkanes) is 2. The minimum absolute atomic E-state index is 0.0802. The van der Waals surface area contributed by atoms with Crippen molar-refractivity contribution in [2.45, 2.75) is 82.4 Å². The Morgan fingerprint density at radius 2 is 1.43 bits per heavy atom. The number of benzene rings is 3. The molecule has 1 aliphatic heterocycles. The third kappa shape index (κ3) is 9.61. The first kappa shape index (κ1) is 37.9. The number of aliphatic carboxylic acids is 2. The van der Waals surface area contributed by atoms with Crippen molar-refractivity contribution in [3.63, 3.8) is 0 Å². The molecule has 0 saturated carbocycles. The Bertz CT molecular complexity index is 1650. The second-order valence-electron chi connectivity index (χ2n) is 13.5. The summed E-state index contributed by atoms with van der Waals surface area (Å²) in [4.78, 5) is 25.8. The topological polar surface area (TPSA) is 145 Å². The summed E-state index contributed by atoms with van der Waals surface area (Å²) in [5.41, 5.74) is 3.18. The number of hydrogen-bond donors (Lipinski definition) is 3. The average Bonchev–Trinajstić information content (AvgIpc) is 3.12. The zero-order valence-corrected chi connectivity index (χ0v) is 29.8. The first-order chi connectivity index (χ1) is 23.3. The van der Waals surface area contributed by atoms with Crippen LogP contribution >= 0.6 is 0 Å². The lowest BCUT2D eigenvalue weighted by atomic mass is 9.68. The van der Waals surface area contributed by atoms with Crippen molar-refractivity contribution in [2.75, 3.05) is 37.8 Å². The standard InChI is InChI=1S/C38H50N2O8S/c1-5-7-19-38(20-8-6-2)26-49(46,47)33-18-15-30(39(3)4)21-32(33)36(37(38)45)29-13-16-31(17-14-29)48-25-28-11-9-27(10-12-28)22-40(23-34(41)42)24-35(43)44/h9-18,21,36-37,45H,5-8,19-20,22-26H2,1-4H3,(H,41,42)(H,43,44)/t36-,37-/m1/s1. The summed E-state index contributed by atoms with van der Waals surface area (Å²) in [5.74, 6) is -2.20. The Hall–Kier alpha value is -3.93. The molecule has 0 radical (unpaired) electrons. The Morgan fingerprint density at radius 3 is 1.96 bits per heavy atom. The Kier molecular flexibility index (Phi) is 12.9. The monoisotopic (exact) mass is 694 g/mol. The maximum absolute atomic E-state index is 14.1. The highest BCUT2D eigenvalue weighted by atomic mass is 32.2. The van der Waals surface area contributed by atoms with E-state index in [2.05, 4.69) is 13.8 Å². The second kappa shape index (κ2) is 16.7. The van der Waals surface area contributed by atoms with Crippen LogP contribution in [0.4, 0.5) is 5.69 Å². The number of rotatable bonds is 17. The summed E-state index contributed by atoms with van der Waals surface area (Å²) in [7, 11) is 0.141. The summed E-state index contributed by atoms with van der Waals surface area (Å²) < 4.78 is 34.2. The van der Waals surface area contributed by atoms with E-state index in [9.17, 15) is 23.1 Å². The number of carboxylic acids is 2. The minimum Gasteiger partial charge on any atom is -0.489 e.